The molecule has 3 N–H and O–H groups in total. The Morgan fingerprint density at radius 2 is 2.29 bits per heavy atom. The molecule has 2 rings (SSSR count). The Morgan fingerprint density at radius 3 is 3.00 bits per heavy atom. The molecule has 0 amide bonds. The van der Waals surface area contributed by atoms with Crippen molar-refractivity contribution in [3.8, 4) is 5.75 Å². The van der Waals surface area contributed by atoms with Crippen LogP contribution in [0.2, 0.25) is 5.02 Å². The van der Waals surface area contributed by atoms with E-state index in [1.807, 2.05) is 13.0 Å². The van der Waals surface area contributed by atoms with Crippen molar-refractivity contribution in [3.05, 3.63) is 28.3 Å². The van der Waals surface area contributed by atoms with E-state index in [9.17, 15) is 5.11 Å². The summed E-state index contributed by atoms with van der Waals surface area (Å²) in [5.74, 6) is 0.727. The van der Waals surface area contributed by atoms with Crippen LogP contribution in [0.4, 0.5) is 0 Å². The fourth-order valence-corrected chi connectivity index (χ4v) is 1.71. The van der Waals surface area contributed by atoms with Gasteiger partial charge in [-0.15, -0.1) is 0 Å². The van der Waals surface area contributed by atoms with Gasteiger partial charge in [-0.25, -0.2) is 0 Å². The van der Waals surface area contributed by atoms with Crippen LogP contribution in [0.5, 0.6) is 5.75 Å². The summed E-state index contributed by atoms with van der Waals surface area (Å²) in [7, 11) is 0. The van der Waals surface area contributed by atoms with Gasteiger partial charge >= 0.3 is 0 Å². The first-order valence-electron chi connectivity index (χ1n) is 4.46. The highest BCUT2D eigenvalue weighted by Crippen LogP contribution is 2.34. The Balaban J connectivity index is 2.50. The molecule has 2 atom stereocenters. The van der Waals surface area contributed by atoms with Crippen LogP contribution in [-0.4, -0.2) is 17.8 Å². The molecule has 14 heavy (non-hydrogen) atoms. The quantitative estimate of drug-likeness (QED) is 0.685. The van der Waals surface area contributed by atoms with Crippen molar-refractivity contribution >= 4 is 11.6 Å². The van der Waals surface area contributed by atoms with Crippen molar-refractivity contribution in [2.45, 2.75) is 19.1 Å². The highest BCUT2D eigenvalue weighted by molar-refractivity contribution is 6.31. The van der Waals surface area contributed by atoms with E-state index in [1.54, 1.807) is 6.07 Å². The fraction of sp³-hybridized carbons (Fsp3) is 0.400. The van der Waals surface area contributed by atoms with Crippen LogP contribution in [0.1, 0.15) is 17.2 Å². The van der Waals surface area contributed by atoms with E-state index in [0.29, 0.717) is 5.02 Å². The SMILES string of the molecule is Cc1cc2c(cc1Cl)C(N)C(O)CO2. The molecule has 76 valence electrons. The number of hydrogen-bond donors (Lipinski definition) is 2. The maximum absolute atomic E-state index is 9.49. The van der Waals surface area contributed by atoms with Crippen LogP contribution in [0.25, 0.3) is 0 Å². The van der Waals surface area contributed by atoms with Gasteiger partial charge in [0.2, 0.25) is 0 Å². The lowest BCUT2D eigenvalue weighted by atomic mass is 9.98. The zero-order valence-electron chi connectivity index (χ0n) is 7.83. The van der Waals surface area contributed by atoms with Crippen LogP contribution in [0, 0.1) is 6.92 Å². The number of aryl methyl sites for hydroxylation is 1. The average molecular weight is 214 g/mol. The molecule has 1 heterocycles. The maximum Gasteiger partial charge on any atom is 0.124 e. The smallest absolute Gasteiger partial charge is 0.124 e. The zero-order chi connectivity index (χ0) is 10.3. The molecule has 0 bridgehead atoms. The summed E-state index contributed by atoms with van der Waals surface area (Å²) in [5, 5.41) is 10.1. The van der Waals surface area contributed by atoms with Gasteiger partial charge in [0.05, 0.1) is 6.04 Å². The number of fused-ring (bicyclic) bond motifs is 1. The van der Waals surface area contributed by atoms with Crippen molar-refractivity contribution < 1.29 is 9.84 Å². The lowest BCUT2D eigenvalue weighted by Gasteiger charge is -2.28. The second-order valence-corrected chi connectivity index (χ2v) is 3.95. The van der Waals surface area contributed by atoms with E-state index in [0.717, 1.165) is 16.9 Å². The summed E-state index contributed by atoms with van der Waals surface area (Å²) in [6, 6.07) is 3.21. The molecule has 0 aliphatic carbocycles. The minimum absolute atomic E-state index is 0.245. The predicted molar refractivity (Wildman–Crippen MR) is 54.6 cm³/mol. The number of nitrogens with two attached hydrogens (primary N) is 1. The van der Waals surface area contributed by atoms with Gasteiger partial charge in [0, 0.05) is 10.6 Å². The third kappa shape index (κ3) is 1.47. The van der Waals surface area contributed by atoms with Gasteiger partial charge in [-0.3, -0.25) is 0 Å². The maximum atomic E-state index is 9.49. The number of ether oxygens (including phenoxy) is 1. The molecule has 3 nitrogen and oxygen atoms in total. The summed E-state index contributed by atoms with van der Waals surface area (Å²) < 4.78 is 5.35. The van der Waals surface area contributed by atoms with Crippen LogP contribution in [0.15, 0.2) is 12.1 Å². The van der Waals surface area contributed by atoms with Crippen LogP contribution >= 0.6 is 11.6 Å². The molecule has 0 saturated heterocycles. The lowest BCUT2D eigenvalue weighted by Crippen LogP contribution is -2.35. The van der Waals surface area contributed by atoms with Gasteiger partial charge in [-0.2, -0.15) is 0 Å². The first kappa shape index (κ1) is 9.77. The molecular formula is C10H12ClNO2. The third-order valence-corrected chi connectivity index (χ3v) is 2.88. The molecule has 4 heteroatoms. The number of hydrogen-bond acceptors (Lipinski definition) is 3. The van der Waals surface area contributed by atoms with Gasteiger partial charge in [-0.05, 0) is 24.6 Å². The van der Waals surface area contributed by atoms with Gasteiger partial charge in [0.15, 0.2) is 0 Å². The van der Waals surface area contributed by atoms with Crippen molar-refractivity contribution in [1.29, 1.82) is 0 Å². The lowest BCUT2D eigenvalue weighted by molar-refractivity contribution is 0.0678. The summed E-state index contributed by atoms with van der Waals surface area (Å²) in [6.07, 6.45) is -0.652. The Morgan fingerprint density at radius 1 is 1.57 bits per heavy atom. The zero-order valence-corrected chi connectivity index (χ0v) is 8.58. The van der Waals surface area contributed by atoms with Gasteiger partial charge in [0.25, 0.3) is 0 Å². The molecule has 0 saturated carbocycles. The van der Waals surface area contributed by atoms with E-state index in [-0.39, 0.29) is 6.61 Å². The van der Waals surface area contributed by atoms with Gasteiger partial charge in [0.1, 0.15) is 18.5 Å². The van der Waals surface area contributed by atoms with E-state index in [2.05, 4.69) is 0 Å². The summed E-state index contributed by atoms with van der Waals surface area (Å²) >= 11 is 5.97. The van der Waals surface area contributed by atoms with E-state index in [1.165, 1.54) is 0 Å². The summed E-state index contributed by atoms with van der Waals surface area (Å²) in [5.41, 5.74) is 7.55. The molecule has 0 aromatic heterocycles. The van der Waals surface area contributed by atoms with Crippen LogP contribution in [0.3, 0.4) is 0 Å². The molecule has 0 spiro atoms. The summed E-state index contributed by atoms with van der Waals surface area (Å²) in [4.78, 5) is 0. The van der Waals surface area contributed by atoms with Gasteiger partial charge < -0.3 is 15.6 Å². The minimum Gasteiger partial charge on any atom is -0.490 e. The van der Waals surface area contributed by atoms with Crippen LogP contribution in [-0.2, 0) is 0 Å². The van der Waals surface area contributed by atoms with Crippen molar-refractivity contribution in [2.24, 2.45) is 5.73 Å². The van der Waals surface area contributed by atoms with Crippen molar-refractivity contribution in [1.82, 2.24) is 0 Å². The first-order valence-corrected chi connectivity index (χ1v) is 4.84. The second kappa shape index (κ2) is 3.42. The number of aliphatic hydroxyl groups is 1. The highest BCUT2D eigenvalue weighted by atomic mass is 35.5. The Bertz CT molecular complexity index is 367. The third-order valence-electron chi connectivity index (χ3n) is 2.47. The Kier molecular flexibility index (Phi) is 2.39. The molecule has 2 unspecified atom stereocenters. The number of halogens is 1. The Labute approximate surface area is 87.4 Å². The minimum atomic E-state index is -0.652. The topological polar surface area (TPSA) is 55.5 Å². The average Bonchev–Trinajstić information content (AvgIpc) is 2.15. The van der Waals surface area contributed by atoms with Gasteiger partial charge in [-0.1, -0.05) is 11.6 Å². The molecule has 1 aromatic rings. The summed E-state index contributed by atoms with van der Waals surface area (Å²) in [6.45, 7) is 2.15. The van der Waals surface area contributed by atoms with Crippen LogP contribution < -0.4 is 10.5 Å². The molecule has 1 aromatic carbocycles. The normalized spacial score (nSPS) is 25.4. The molecule has 0 radical (unpaired) electrons. The molecule has 1 aliphatic rings. The number of aliphatic hydroxyl groups excluding tert-OH is 1. The van der Waals surface area contributed by atoms with E-state index in [4.69, 9.17) is 22.1 Å². The highest BCUT2D eigenvalue weighted by Gasteiger charge is 2.26. The molecule has 0 fully saturated rings. The Hall–Kier alpha value is -0.770. The fourth-order valence-electron chi connectivity index (χ4n) is 1.54. The molecular weight excluding hydrogens is 202 g/mol. The van der Waals surface area contributed by atoms with Crippen molar-refractivity contribution in [2.75, 3.05) is 6.61 Å². The largest absolute Gasteiger partial charge is 0.490 e. The molecule has 1 aliphatic heterocycles. The van der Waals surface area contributed by atoms with E-state index < -0.39 is 12.1 Å². The predicted octanol–water partition coefficient (Wildman–Crippen LogP) is 1.40. The number of rotatable bonds is 0. The van der Waals surface area contributed by atoms with Crippen molar-refractivity contribution in [3.63, 3.8) is 0 Å². The second-order valence-electron chi connectivity index (χ2n) is 3.54. The standard InChI is InChI=1S/C10H12ClNO2/c1-5-2-9-6(3-7(5)11)10(12)8(13)4-14-9/h2-3,8,10,13H,4,12H2,1H3. The number of benzene rings is 1. The first-order chi connectivity index (χ1) is 6.59. The monoisotopic (exact) mass is 213 g/mol. The van der Waals surface area contributed by atoms with E-state index >= 15 is 0 Å².